The molecule has 3 aromatic rings. The molecular weight excluding hydrogens is 402 g/mol. The van der Waals surface area contributed by atoms with E-state index in [4.69, 9.17) is 0 Å². The molecule has 4 rings (SSSR count). The summed E-state index contributed by atoms with van der Waals surface area (Å²) in [6.07, 6.45) is 0.857. The van der Waals surface area contributed by atoms with Crippen LogP contribution in [0.15, 0.2) is 56.9 Å². The van der Waals surface area contributed by atoms with Gasteiger partial charge in [-0.15, -0.1) is 0 Å². The number of aromatic nitrogens is 2. The Hall–Kier alpha value is -2.12. The molecule has 1 amide bonds. The highest BCUT2D eigenvalue weighted by Crippen LogP contribution is 2.31. The summed E-state index contributed by atoms with van der Waals surface area (Å²) < 4.78 is 1.02. The second-order valence-corrected chi connectivity index (χ2v) is 7.63. The predicted octanol–water partition coefficient (Wildman–Crippen LogP) is 3.37. The molecule has 0 atom stereocenters. The molecule has 1 N–H and O–H groups in total. The first kappa shape index (κ1) is 16.4. The number of thioether (sulfide) groups is 1. The van der Waals surface area contributed by atoms with Gasteiger partial charge >= 0.3 is 0 Å². The van der Waals surface area contributed by atoms with Gasteiger partial charge in [0, 0.05) is 16.7 Å². The lowest BCUT2D eigenvalue weighted by atomic mass is 10.2. The van der Waals surface area contributed by atoms with E-state index in [1.807, 2.05) is 18.2 Å². The van der Waals surface area contributed by atoms with Crippen LogP contribution in [-0.2, 0) is 11.2 Å². The van der Waals surface area contributed by atoms with Crippen molar-refractivity contribution in [2.45, 2.75) is 11.6 Å². The SMILES string of the molecule is O=C(CSc1nc2ccccc2c(=O)[nH]1)N1CCc2cc(Br)ccc21. The molecule has 0 unspecified atom stereocenters. The Labute approximate surface area is 156 Å². The lowest BCUT2D eigenvalue weighted by Gasteiger charge is -2.17. The number of nitrogens with one attached hydrogen (secondary N) is 1. The van der Waals surface area contributed by atoms with Crippen LogP contribution in [0.5, 0.6) is 0 Å². The van der Waals surface area contributed by atoms with Gasteiger partial charge in [-0.3, -0.25) is 9.59 Å². The van der Waals surface area contributed by atoms with Crippen LogP contribution in [0.4, 0.5) is 5.69 Å². The number of aromatic amines is 1. The van der Waals surface area contributed by atoms with Crippen LogP contribution < -0.4 is 10.5 Å². The fourth-order valence-corrected chi connectivity index (χ4v) is 4.12. The molecular formula is C18H14BrN3O2S. The van der Waals surface area contributed by atoms with Gasteiger partial charge in [0.1, 0.15) is 0 Å². The highest BCUT2D eigenvalue weighted by molar-refractivity contribution is 9.10. The molecule has 0 fully saturated rings. The van der Waals surface area contributed by atoms with Crippen LogP contribution in [-0.4, -0.2) is 28.2 Å². The van der Waals surface area contributed by atoms with E-state index in [1.54, 1.807) is 23.1 Å². The molecule has 1 aliphatic rings. The number of carbonyl (C=O) groups excluding carboxylic acids is 1. The summed E-state index contributed by atoms with van der Waals surface area (Å²) in [5, 5.41) is 1.02. The molecule has 126 valence electrons. The van der Waals surface area contributed by atoms with Crippen LogP contribution in [0.1, 0.15) is 5.56 Å². The average Bonchev–Trinajstić information content (AvgIpc) is 3.03. The van der Waals surface area contributed by atoms with E-state index in [9.17, 15) is 9.59 Å². The van der Waals surface area contributed by atoms with Gasteiger partial charge in [-0.05, 0) is 42.3 Å². The van der Waals surface area contributed by atoms with Gasteiger partial charge in [0.05, 0.1) is 16.7 Å². The number of hydrogen-bond acceptors (Lipinski definition) is 4. The van der Waals surface area contributed by atoms with Gasteiger partial charge in [0.15, 0.2) is 5.16 Å². The third-order valence-corrected chi connectivity index (χ3v) is 5.51. The topological polar surface area (TPSA) is 66.1 Å². The van der Waals surface area contributed by atoms with Crippen molar-refractivity contribution in [2.24, 2.45) is 0 Å². The van der Waals surface area contributed by atoms with E-state index in [0.717, 1.165) is 16.6 Å². The summed E-state index contributed by atoms with van der Waals surface area (Å²) in [5.41, 5.74) is 2.59. The van der Waals surface area contributed by atoms with Gasteiger partial charge in [-0.25, -0.2) is 4.98 Å². The van der Waals surface area contributed by atoms with Crippen molar-refractivity contribution in [3.8, 4) is 0 Å². The van der Waals surface area contributed by atoms with E-state index in [2.05, 4.69) is 32.0 Å². The van der Waals surface area contributed by atoms with Crippen molar-refractivity contribution in [3.63, 3.8) is 0 Å². The van der Waals surface area contributed by atoms with Crippen LogP contribution in [0.2, 0.25) is 0 Å². The minimum absolute atomic E-state index is 0.0156. The molecule has 0 bridgehead atoms. The van der Waals surface area contributed by atoms with Crippen molar-refractivity contribution >= 4 is 50.2 Å². The Kier molecular flexibility index (Phi) is 4.35. The monoisotopic (exact) mass is 415 g/mol. The Morgan fingerprint density at radius 1 is 1.28 bits per heavy atom. The van der Waals surface area contributed by atoms with Gasteiger partial charge in [0.25, 0.3) is 5.56 Å². The van der Waals surface area contributed by atoms with Crippen molar-refractivity contribution in [2.75, 3.05) is 17.2 Å². The lowest BCUT2D eigenvalue weighted by molar-refractivity contribution is -0.116. The van der Waals surface area contributed by atoms with Gasteiger partial charge in [-0.1, -0.05) is 39.8 Å². The minimum Gasteiger partial charge on any atom is -0.311 e. The quantitative estimate of drug-likeness (QED) is 0.525. The van der Waals surface area contributed by atoms with Gasteiger partial charge in [0.2, 0.25) is 5.91 Å². The standard InChI is InChI=1S/C18H14BrN3O2S/c19-12-5-6-15-11(9-12)7-8-22(15)16(23)10-25-18-20-14-4-2-1-3-13(14)17(24)21-18/h1-6,9H,7-8,10H2,(H,20,21,24). The molecule has 0 aliphatic carbocycles. The van der Waals surface area contributed by atoms with Crippen LogP contribution in [0.3, 0.4) is 0 Å². The van der Waals surface area contributed by atoms with E-state index < -0.39 is 0 Å². The number of carbonyl (C=O) groups is 1. The van der Waals surface area contributed by atoms with E-state index >= 15 is 0 Å². The summed E-state index contributed by atoms with van der Waals surface area (Å²) in [6.45, 7) is 0.687. The zero-order chi connectivity index (χ0) is 17.4. The Bertz CT molecular complexity index is 1030. The summed E-state index contributed by atoms with van der Waals surface area (Å²) in [6, 6.07) is 13.1. The fourth-order valence-electron chi connectivity index (χ4n) is 2.97. The second-order valence-electron chi connectivity index (χ2n) is 5.75. The van der Waals surface area contributed by atoms with Crippen molar-refractivity contribution in [1.82, 2.24) is 9.97 Å². The molecule has 2 aromatic carbocycles. The summed E-state index contributed by atoms with van der Waals surface area (Å²) in [7, 11) is 0. The molecule has 5 nitrogen and oxygen atoms in total. The summed E-state index contributed by atoms with van der Waals surface area (Å²) in [5.74, 6) is 0.249. The molecule has 0 saturated carbocycles. The number of amides is 1. The van der Waals surface area contributed by atoms with Crippen LogP contribution in [0.25, 0.3) is 10.9 Å². The second kappa shape index (κ2) is 6.65. The number of nitrogens with zero attached hydrogens (tertiary/aromatic N) is 2. The van der Waals surface area contributed by atoms with Crippen molar-refractivity contribution in [1.29, 1.82) is 0 Å². The lowest BCUT2D eigenvalue weighted by Crippen LogP contribution is -2.30. The zero-order valence-corrected chi connectivity index (χ0v) is 15.6. The molecule has 1 aromatic heterocycles. The number of anilines is 1. The summed E-state index contributed by atoms with van der Waals surface area (Å²) in [4.78, 5) is 33.6. The van der Waals surface area contributed by atoms with E-state index in [-0.39, 0.29) is 17.2 Å². The van der Waals surface area contributed by atoms with E-state index in [1.165, 1.54) is 17.3 Å². The number of rotatable bonds is 3. The normalized spacial score (nSPS) is 13.2. The van der Waals surface area contributed by atoms with Crippen LogP contribution >= 0.6 is 27.7 Å². The third kappa shape index (κ3) is 3.21. The van der Waals surface area contributed by atoms with Crippen molar-refractivity contribution < 1.29 is 4.79 Å². The first-order chi connectivity index (χ1) is 12.1. The third-order valence-electron chi connectivity index (χ3n) is 4.16. The Balaban J connectivity index is 1.51. The molecule has 0 radical (unpaired) electrons. The smallest absolute Gasteiger partial charge is 0.259 e. The number of para-hydroxylation sites is 1. The maximum absolute atomic E-state index is 12.6. The number of benzene rings is 2. The Morgan fingerprint density at radius 3 is 3.00 bits per heavy atom. The van der Waals surface area contributed by atoms with Gasteiger partial charge < -0.3 is 9.88 Å². The molecule has 7 heteroatoms. The highest BCUT2D eigenvalue weighted by atomic mass is 79.9. The molecule has 0 spiro atoms. The first-order valence-electron chi connectivity index (χ1n) is 7.82. The molecule has 1 aliphatic heterocycles. The number of halogens is 1. The van der Waals surface area contributed by atoms with Crippen molar-refractivity contribution in [3.05, 3.63) is 62.9 Å². The van der Waals surface area contributed by atoms with Gasteiger partial charge in [-0.2, -0.15) is 0 Å². The molecule has 0 saturated heterocycles. The largest absolute Gasteiger partial charge is 0.311 e. The predicted molar refractivity (Wildman–Crippen MR) is 103 cm³/mol. The highest BCUT2D eigenvalue weighted by Gasteiger charge is 2.24. The zero-order valence-electron chi connectivity index (χ0n) is 13.2. The molecule has 25 heavy (non-hydrogen) atoms. The maximum Gasteiger partial charge on any atom is 0.259 e. The first-order valence-corrected chi connectivity index (χ1v) is 9.60. The fraction of sp³-hybridized carbons (Fsp3) is 0.167. The number of hydrogen-bond donors (Lipinski definition) is 1. The number of fused-ring (bicyclic) bond motifs is 2. The van der Waals surface area contributed by atoms with Crippen LogP contribution in [0, 0.1) is 0 Å². The minimum atomic E-state index is -0.183. The molecule has 2 heterocycles. The summed E-state index contributed by atoms with van der Waals surface area (Å²) >= 11 is 4.72. The number of H-pyrrole nitrogens is 1. The van der Waals surface area contributed by atoms with E-state index in [0.29, 0.717) is 22.6 Å². The average molecular weight is 416 g/mol. The Morgan fingerprint density at radius 2 is 2.12 bits per heavy atom. The maximum atomic E-state index is 12.6.